The van der Waals surface area contributed by atoms with Crippen LogP contribution in [0.25, 0.3) is 33.4 Å². The lowest BCUT2D eigenvalue weighted by Gasteiger charge is -2.27. The second-order valence-corrected chi connectivity index (χ2v) is 13.0. The van der Waals surface area contributed by atoms with E-state index in [4.69, 9.17) is 0 Å². The zero-order valence-electron chi connectivity index (χ0n) is 26.3. The molecule has 0 radical (unpaired) electrons. The molecule has 3 aromatic carbocycles. The van der Waals surface area contributed by atoms with E-state index >= 15 is 0 Å². The summed E-state index contributed by atoms with van der Waals surface area (Å²) in [6.45, 7) is 18.8. The van der Waals surface area contributed by atoms with Crippen molar-refractivity contribution in [3.8, 4) is 33.4 Å². The molecule has 0 atom stereocenters. The maximum Gasteiger partial charge on any atom is 0.243 e. The average molecular weight is 549 g/mol. The van der Waals surface area contributed by atoms with E-state index in [-0.39, 0.29) is 6.71 Å². The number of hydrogen-bond donors (Lipinski definition) is 0. The van der Waals surface area contributed by atoms with Crippen LogP contribution in [0, 0.1) is 13.8 Å². The summed E-state index contributed by atoms with van der Waals surface area (Å²) in [5.41, 5.74) is 19.1. The first-order chi connectivity index (χ1) is 20.2. The minimum Gasteiger partial charge on any atom is -0.265 e. The van der Waals surface area contributed by atoms with Crippen molar-refractivity contribution in [3.05, 3.63) is 113 Å². The number of nitrogens with zero attached hydrogens (tertiary/aromatic N) is 2. The Kier molecular flexibility index (Phi) is 7.39. The molecule has 5 aromatic rings. The highest BCUT2D eigenvalue weighted by Crippen LogP contribution is 2.36. The highest BCUT2D eigenvalue weighted by Gasteiger charge is 2.38. The SMILES string of the molecule is Cc1cc2c(cc1-c1ccncc1)-c1cc(-c3ccncc3)c(C)cc1B2c1c(C(C)C)cc(C(C)C)cc1C(C)C. The zero-order valence-corrected chi connectivity index (χ0v) is 26.3. The average Bonchev–Trinajstić information content (AvgIpc) is 3.27. The Morgan fingerprint density at radius 3 is 1.26 bits per heavy atom. The van der Waals surface area contributed by atoms with Gasteiger partial charge in [-0.2, -0.15) is 0 Å². The second kappa shape index (κ2) is 11.0. The molecule has 210 valence electrons. The molecule has 2 nitrogen and oxygen atoms in total. The Labute approximate surface area is 252 Å². The van der Waals surface area contributed by atoms with E-state index in [1.165, 1.54) is 77.6 Å². The third-order valence-electron chi connectivity index (χ3n) is 9.15. The summed E-state index contributed by atoms with van der Waals surface area (Å²) < 4.78 is 0. The van der Waals surface area contributed by atoms with Gasteiger partial charge in [-0.3, -0.25) is 9.97 Å². The van der Waals surface area contributed by atoms with Crippen LogP contribution in [0.15, 0.2) is 85.5 Å². The monoisotopic (exact) mass is 548 g/mol. The molecule has 0 N–H and O–H groups in total. The number of aromatic nitrogens is 2. The molecule has 0 unspecified atom stereocenters. The minimum absolute atomic E-state index is 0.196. The topological polar surface area (TPSA) is 25.8 Å². The van der Waals surface area contributed by atoms with Crippen LogP contribution < -0.4 is 16.4 Å². The molecule has 0 saturated heterocycles. The van der Waals surface area contributed by atoms with Crippen molar-refractivity contribution < 1.29 is 0 Å². The van der Waals surface area contributed by atoms with Gasteiger partial charge in [-0.05, 0) is 129 Å². The van der Waals surface area contributed by atoms with E-state index in [0.29, 0.717) is 17.8 Å². The quantitative estimate of drug-likeness (QED) is 0.196. The summed E-state index contributed by atoms with van der Waals surface area (Å²) in [6.07, 6.45) is 7.57. The molecular weight excluding hydrogens is 507 g/mol. The van der Waals surface area contributed by atoms with Crippen LogP contribution in [0.4, 0.5) is 0 Å². The molecule has 1 aliphatic rings. The predicted octanol–water partition coefficient (Wildman–Crippen LogP) is 8.29. The summed E-state index contributed by atoms with van der Waals surface area (Å²) in [7, 11) is 0. The van der Waals surface area contributed by atoms with Crippen LogP contribution in [0.3, 0.4) is 0 Å². The van der Waals surface area contributed by atoms with Gasteiger partial charge in [0.25, 0.3) is 0 Å². The van der Waals surface area contributed by atoms with E-state index in [0.717, 1.165) is 0 Å². The third kappa shape index (κ3) is 4.79. The lowest BCUT2D eigenvalue weighted by atomic mass is 9.36. The molecule has 1 aliphatic heterocycles. The molecule has 0 amide bonds. The first kappa shape index (κ1) is 28.2. The maximum atomic E-state index is 4.28. The van der Waals surface area contributed by atoms with Crippen molar-refractivity contribution in [2.24, 2.45) is 0 Å². The molecule has 0 fully saturated rings. The van der Waals surface area contributed by atoms with Crippen molar-refractivity contribution in [1.29, 1.82) is 0 Å². The lowest BCUT2D eigenvalue weighted by molar-refractivity contribution is 0.812. The Morgan fingerprint density at radius 1 is 0.500 bits per heavy atom. The fourth-order valence-electron chi connectivity index (χ4n) is 6.91. The number of hydrogen-bond acceptors (Lipinski definition) is 2. The summed E-state index contributed by atoms with van der Waals surface area (Å²) in [4.78, 5) is 8.56. The van der Waals surface area contributed by atoms with E-state index in [2.05, 4.69) is 126 Å². The van der Waals surface area contributed by atoms with Gasteiger partial charge in [-0.15, -0.1) is 0 Å². The Bertz CT molecular complexity index is 1640. The summed E-state index contributed by atoms with van der Waals surface area (Å²) in [5.74, 6) is 1.35. The van der Waals surface area contributed by atoms with Crippen LogP contribution >= 0.6 is 0 Å². The second-order valence-electron chi connectivity index (χ2n) is 13.0. The summed E-state index contributed by atoms with van der Waals surface area (Å²) in [5, 5.41) is 0. The van der Waals surface area contributed by atoms with Crippen LogP contribution in [-0.4, -0.2) is 16.7 Å². The fraction of sp³-hybridized carbons (Fsp3) is 0.282. The van der Waals surface area contributed by atoms with Gasteiger partial charge in [0.15, 0.2) is 0 Å². The predicted molar refractivity (Wildman–Crippen MR) is 181 cm³/mol. The van der Waals surface area contributed by atoms with Gasteiger partial charge in [0.2, 0.25) is 6.71 Å². The number of benzene rings is 3. The minimum atomic E-state index is 0.196. The third-order valence-corrected chi connectivity index (χ3v) is 9.15. The smallest absolute Gasteiger partial charge is 0.243 e. The highest BCUT2D eigenvalue weighted by molar-refractivity contribution is 6.99. The molecule has 3 heterocycles. The molecule has 0 spiro atoms. The van der Waals surface area contributed by atoms with E-state index in [9.17, 15) is 0 Å². The van der Waals surface area contributed by atoms with Crippen molar-refractivity contribution in [1.82, 2.24) is 9.97 Å². The van der Waals surface area contributed by atoms with Gasteiger partial charge in [-0.1, -0.05) is 82.2 Å². The van der Waals surface area contributed by atoms with Crippen LogP contribution in [0.5, 0.6) is 0 Å². The number of rotatable bonds is 6. The first-order valence-corrected chi connectivity index (χ1v) is 15.4. The maximum absolute atomic E-state index is 4.28. The Balaban J connectivity index is 1.69. The van der Waals surface area contributed by atoms with Gasteiger partial charge in [0.1, 0.15) is 0 Å². The van der Waals surface area contributed by atoms with Gasteiger partial charge >= 0.3 is 0 Å². The lowest BCUT2D eigenvalue weighted by Crippen LogP contribution is -2.52. The zero-order chi connectivity index (χ0) is 29.7. The Hall–Kier alpha value is -3.98. The molecule has 3 heteroatoms. The van der Waals surface area contributed by atoms with Gasteiger partial charge in [-0.25, -0.2) is 0 Å². The van der Waals surface area contributed by atoms with Gasteiger partial charge < -0.3 is 0 Å². The van der Waals surface area contributed by atoms with Crippen molar-refractivity contribution in [2.75, 3.05) is 0 Å². The summed E-state index contributed by atoms with van der Waals surface area (Å²) in [6, 6.07) is 23.3. The number of fused-ring (bicyclic) bond motifs is 3. The van der Waals surface area contributed by atoms with Gasteiger partial charge in [0.05, 0.1) is 0 Å². The van der Waals surface area contributed by atoms with Crippen molar-refractivity contribution in [3.63, 3.8) is 0 Å². The normalized spacial score (nSPS) is 12.4. The standard InChI is InChI=1S/C39H41BN2/c1-23(2)30-19-31(24(3)4)39(32(20-30)25(5)6)40-37-17-26(7)33(28-9-13-41-14-10-28)21-35(37)36-22-34(27(8)18-38(36)40)29-11-15-42-16-12-29/h9-25H,1-8H3. The van der Waals surface area contributed by atoms with E-state index < -0.39 is 0 Å². The fourth-order valence-corrected chi connectivity index (χ4v) is 6.91. The Morgan fingerprint density at radius 2 is 0.905 bits per heavy atom. The first-order valence-electron chi connectivity index (χ1n) is 15.4. The molecule has 6 rings (SSSR count). The largest absolute Gasteiger partial charge is 0.265 e. The van der Waals surface area contributed by atoms with Crippen LogP contribution in [0.1, 0.15) is 87.1 Å². The van der Waals surface area contributed by atoms with Crippen LogP contribution in [0.2, 0.25) is 0 Å². The van der Waals surface area contributed by atoms with Gasteiger partial charge in [0, 0.05) is 24.8 Å². The van der Waals surface area contributed by atoms with E-state index in [1.54, 1.807) is 0 Å². The molecular formula is C39H41BN2. The highest BCUT2D eigenvalue weighted by atomic mass is 14.6. The van der Waals surface area contributed by atoms with E-state index in [1.807, 2.05) is 24.8 Å². The van der Waals surface area contributed by atoms with Crippen molar-refractivity contribution in [2.45, 2.75) is 73.1 Å². The molecule has 0 saturated carbocycles. The summed E-state index contributed by atoms with van der Waals surface area (Å²) >= 11 is 0. The number of pyridine rings is 2. The van der Waals surface area contributed by atoms with Crippen LogP contribution in [-0.2, 0) is 0 Å². The van der Waals surface area contributed by atoms with Crippen molar-refractivity contribution >= 4 is 23.1 Å². The molecule has 42 heavy (non-hydrogen) atoms. The molecule has 2 aromatic heterocycles. The molecule has 0 bridgehead atoms. The molecule has 0 aliphatic carbocycles. The number of aryl methyl sites for hydroxylation is 2.